The van der Waals surface area contributed by atoms with Gasteiger partial charge in [-0.2, -0.15) is 0 Å². The largest absolute Gasteiger partial charge is 0.370 e. The number of imide groups is 1. The van der Waals surface area contributed by atoms with Gasteiger partial charge in [0.15, 0.2) is 0 Å². The molecule has 0 saturated carbocycles. The average molecular weight is 487 g/mol. The number of hydrogen-bond acceptors (Lipinski definition) is 5. The molecule has 0 aliphatic carbocycles. The van der Waals surface area contributed by atoms with Crippen LogP contribution in [-0.4, -0.2) is 34.6 Å². The van der Waals surface area contributed by atoms with Crippen molar-refractivity contribution in [1.82, 2.24) is 10.2 Å². The number of anilines is 1. The maximum atomic E-state index is 13.7. The molecule has 2 fully saturated rings. The lowest BCUT2D eigenvalue weighted by molar-refractivity contribution is -0.143. The minimum Gasteiger partial charge on any atom is -0.370 e. The summed E-state index contributed by atoms with van der Waals surface area (Å²) in [4.78, 5) is 53.6. The van der Waals surface area contributed by atoms with Crippen LogP contribution < -0.4 is 16.4 Å². The Balaban J connectivity index is 1.64. The SMILES string of the molecule is Cc1cc(Cl)c2c(c1)[C@@]1(N[C@H](CC(N)=O)[C@H]3C(=O)N(Cc4ccccc4Cl)C(=O)[C@H]31)C(=O)N2. The van der Waals surface area contributed by atoms with E-state index in [0.717, 1.165) is 10.5 Å². The van der Waals surface area contributed by atoms with Crippen molar-refractivity contribution >= 4 is 52.5 Å². The van der Waals surface area contributed by atoms with Gasteiger partial charge in [-0.1, -0.05) is 47.5 Å². The van der Waals surface area contributed by atoms with Crippen molar-refractivity contribution in [3.63, 3.8) is 0 Å². The van der Waals surface area contributed by atoms with Crippen LogP contribution in [0.4, 0.5) is 5.69 Å². The molecule has 10 heteroatoms. The Morgan fingerprint density at radius 1 is 1.12 bits per heavy atom. The van der Waals surface area contributed by atoms with Gasteiger partial charge in [0, 0.05) is 23.0 Å². The van der Waals surface area contributed by atoms with E-state index in [1.165, 1.54) is 0 Å². The van der Waals surface area contributed by atoms with Gasteiger partial charge in [0.2, 0.25) is 23.6 Å². The molecule has 2 aromatic rings. The number of halogens is 2. The lowest BCUT2D eigenvalue weighted by atomic mass is 9.76. The normalized spacial score (nSPS) is 27.8. The number of rotatable bonds is 4. The van der Waals surface area contributed by atoms with E-state index in [9.17, 15) is 19.2 Å². The van der Waals surface area contributed by atoms with Crippen molar-refractivity contribution in [3.05, 3.63) is 63.1 Å². The van der Waals surface area contributed by atoms with E-state index < -0.39 is 47.0 Å². The van der Waals surface area contributed by atoms with Crippen LogP contribution in [0.3, 0.4) is 0 Å². The molecule has 8 nitrogen and oxygen atoms in total. The molecule has 4 atom stereocenters. The van der Waals surface area contributed by atoms with Crippen LogP contribution in [0, 0.1) is 18.8 Å². The van der Waals surface area contributed by atoms with E-state index in [-0.39, 0.29) is 13.0 Å². The predicted molar refractivity (Wildman–Crippen MR) is 121 cm³/mol. The van der Waals surface area contributed by atoms with Crippen LogP contribution in [0.25, 0.3) is 0 Å². The van der Waals surface area contributed by atoms with Crippen molar-refractivity contribution in [1.29, 1.82) is 0 Å². The molecule has 0 aromatic heterocycles. The summed E-state index contributed by atoms with van der Waals surface area (Å²) in [5.74, 6) is -4.12. The van der Waals surface area contributed by atoms with Crippen molar-refractivity contribution in [2.45, 2.75) is 31.5 Å². The number of hydrogen-bond donors (Lipinski definition) is 3. The number of likely N-dealkylation sites (tertiary alicyclic amines) is 1. The average Bonchev–Trinajstić information content (AvgIpc) is 3.30. The molecule has 33 heavy (non-hydrogen) atoms. The third kappa shape index (κ3) is 3.08. The minimum atomic E-state index is -1.54. The molecule has 0 radical (unpaired) electrons. The number of benzene rings is 2. The molecule has 2 saturated heterocycles. The highest BCUT2D eigenvalue weighted by Gasteiger charge is 2.70. The second kappa shape index (κ2) is 7.55. The molecule has 0 unspecified atom stereocenters. The Bertz CT molecular complexity index is 1250. The van der Waals surface area contributed by atoms with Crippen molar-refractivity contribution in [2.24, 2.45) is 17.6 Å². The summed E-state index contributed by atoms with van der Waals surface area (Å²) in [6.45, 7) is 1.79. The molecular formula is C23H20Cl2N4O4. The Morgan fingerprint density at radius 3 is 2.55 bits per heavy atom. The fraction of sp³-hybridized carbons (Fsp3) is 0.304. The number of aryl methyl sites for hydroxylation is 1. The third-order valence-corrected chi connectivity index (χ3v) is 7.39. The zero-order chi connectivity index (χ0) is 23.7. The number of primary amides is 1. The van der Waals surface area contributed by atoms with Crippen LogP contribution in [0.2, 0.25) is 10.0 Å². The lowest BCUT2D eigenvalue weighted by Crippen LogP contribution is -2.53. The van der Waals surface area contributed by atoms with E-state index in [1.807, 2.05) is 6.92 Å². The Labute approximate surface area is 199 Å². The molecular weight excluding hydrogens is 467 g/mol. The second-order valence-electron chi connectivity index (χ2n) is 8.71. The standard InChI is InChI=1S/C23H20Cl2N4O4/c1-10-6-12-19(14(25)7-10)27-22(33)23(12)18-17(15(28-23)8-16(26)30)20(31)29(21(18)32)9-11-4-2-3-5-13(11)24/h2-7,15,17-18,28H,8-9H2,1H3,(H2,26,30)(H,27,33)/t15-,17-,18+,23+/m1/s1. The first-order valence-electron chi connectivity index (χ1n) is 10.4. The fourth-order valence-electron chi connectivity index (χ4n) is 5.40. The third-order valence-electron chi connectivity index (χ3n) is 6.72. The summed E-state index contributed by atoms with van der Waals surface area (Å²) < 4.78 is 0. The molecule has 0 bridgehead atoms. The van der Waals surface area contributed by atoms with Gasteiger partial charge in [0.1, 0.15) is 5.54 Å². The molecule has 5 rings (SSSR count). The van der Waals surface area contributed by atoms with E-state index >= 15 is 0 Å². The summed E-state index contributed by atoms with van der Waals surface area (Å²) in [5.41, 5.74) is 6.17. The van der Waals surface area contributed by atoms with Gasteiger partial charge in [-0.05, 0) is 30.2 Å². The highest BCUT2D eigenvalue weighted by atomic mass is 35.5. The maximum Gasteiger partial charge on any atom is 0.250 e. The van der Waals surface area contributed by atoms with Crippen LogP contribution in [0.15, 0.2) is 36.4 Å². The summed E-state index contributed by atoms with van der Waals surface area (Å²) in [6.07, 6.45) is -0.204. The van der Waals surface area contributed by atoms with Gasteiger partial charge in [0.25, 0.3) is 0 Å². The van der Waals surface area contributed by atoms with Crippen molar-refractivity contribution < 1.29 is 19.2 Å². The first-order chi connectivity index (χ1) is 15.6. The number of amides is 4. The molecule has 3 aliphatic rings. The first-order valence-corrected chi connectivity index (χ1v) is 11.2. The molecule has 170 valence electrons. The first kappa shape index (κ1) is 21.9. The topological polar surface area (TPSA) is 122 Å². The predicted octanol–water partition coefficient (Wildman–Crippen LogP) is 2.10. The maximum absolute atomic E-state index is 13.7. The zero-order valence-corrected chi connectivity index (χ0v) is 19.0. The fourth-order valence-corrected chi connectivity index (χ4v) is 5.91. The molecule has 3 aliphatic heterocycles. The van der Waals surface area contributed by atoms with Crippen LogP contribution in [0.1, 0.15) is 23.1 Å². The van der Waals surface area contributed by atoms with Gasteiger partial charge < -0.3 is 11.1 Å². The summed E-state index contributed by atoms with van der Waals surface area (Å²) >= 11 is 12.7. The Hall–Kier alpha value is -2.94. The van der Waals surface area contributed by atoms with Crippen molar-refractivity contribution in [3.8, 4) is 0 Å². The highest BCUT2D eigenvalue weighted by Crippen LogP contribution is 2.55. The van der Waals surface area contributed by atoms with Crippen LogP contribution in [0.5, 0.6) is 0 Å². The van der Waals surface area contributed by atoms with Gasteiger partial charge >= 0.3 is 0 Å². The lowest BCUT2D eigenvalue weighted by Gasteiger charge is -2.29. The zero-order valence-electron chi connectivity index (χ0n) is 17.5. The van der Waals surface area contributed by atoms with Gasteiger partial charge in [-0.15, -0.1) is 0 Å². The molecule has 1 spiro atoms. The smallest absolute Gasteiger partial charge is 0.250 e. The van der Waals surface area contributed by atoms with Crippen LogP contribution in [-0.2, 0) is 31.3 Å². The number of nitrogens with two attached hydrogens (primary N) is 1. The Kier molecular flexibility index (Phi) is 5.00. The number of carbonyl (C=O) groups excluding carboxylic acids is 4. The second-order valence-corrected chi connectivity index (χ2v) is 9.52. The summed E-state index contributed by atoms with van der Waals surface area (Å²) in [6, 6.07) is 9.60. The van der Waals surface area contributed by atoms with E-state index in [0.29, 0.717) is 26.9 Å². The quantitative estimate of drug-likeness (QED) is 0.571. The monoisotopic (exact) mass is 486 g/mol. The molecule has 2 aromatic carbocycles. The molecule has 4 N–H and O–H groups in total. The van der Waals surface area contributed by atoms with E-state index in [1.54, 1.807) is 36.4 Å². The van der Waals surface area contributed by atoms with Gasteiger partial charge in [0.05, 0.1) is 29.1 Å². The van der Waals surface area contributed by atoms with Crippen molar-refractivity contribution in [2.75, 3.05) is 5.32 Å². The van der Waals surface area contributed by atoms with Gasteiger partial charge in [-0.25, -0.2) is 0 Å². The number of nitrogens with one attached hydrogen (secondary N) is 2. The van der Waals surface area contributed by atoms with Gasteiger partial charge in [-0.3, -0.25) is 29.4 Å². The van der Waals surface area contributed by atoms with E-state index in [4.69, 9.17) is 28.9 Å². The summed E-state index contributed by atoms with van der Waals surface area (Å²) in [7, 11) is 0. The van der Waals surface area contributed by atoms with Crippen LogP contribution >= 0.6 is 23.2 Å². The highest BCUT2D eigenvalue weighted by molar-refractivity contribution is 6.35. The molecule has 4 amide bonds. The van der Waals surface area contributed by atoms with E-state index in [2.05, 4.69) is 10.6 Å². The summed E-state index contributed by atoms with van der Waals surface area (Å²) in [5, 5.41) is 6.67. The number of nitrogens with zero attached hydrogens (tertiary/aromatic N) is 1. The minimum absolute atomic E-state index is 0.0350. The Morgan fingerprint density at radius 2 is 1.85 bits per heavy atom. The molecule has 3 heterocycles. The number of carbonyl (C=O) groups is 4. The number of fused-ring (bicyclic) bond motifs is 4.